The third-order valence-corrected chi connectivity index (χ3v) is 3.39. The average molecular weight is 305 g/mol. The summed E-state index contributed by atoms with van der Waals surface area (Å²) in [5.41, 5.74) is 2.50. The van der Waals surface area contributed by atoms with Crippen molar-refractivity contribution in [1.82, 2.24) is 0 Å². The van der Waals surface area contributed by atoms with Crippen molar-refractivity contribution in [3.05, 3.63) is 53.1 Å². The monoisotopic (exact) mass is 304 g/mol. The van der Waals surface area contributed by atoms with E-state index in [0.717, 1.165) is 11.3 Å². The first kappa shape index (κ1) is 15.2. The lowest BCUT2D eigenvalue weighted by atomic mass is 10.1. The van der Waals surface area contributed by atoms with Gasteiger partial charge >= 0.3 is 6.09 Å². The van der Waals surface area contributed by atoms with E-state index >= 15 is 0 Å². The Morgan fingerprint density at radius 3 is 2.48 bits per heavy atom. The summed E-state index contributed by atoms with van der Waals surface area (Å²) in [7, 11) is 3.84. The van der Waals surface area contributed by atoms with Gasteiger partial charge in [0.25, 0.3) is 0 Å². The number of benzene rings is 2. The normalized spacial score (nSPS) is 10.1. The van der Waals surface area contributed by atoms with Gasteiger partial charge in [-0.1, -0.05) is 29.8 Å². The smallest absolute Gasteiger partial charge is 0.410 e. The predicted octanol–water partition coefficient (Wildman–Crippen LogP) is 4.33. The molecule has 1 amide bonds. The van der Waals surface area contributed by atoms with Crippen LogP contribution in [0.15, 0.2) is 42.5 Å². The number of carbonyl (C=O) groups is 1. The zero-order valence-electron chi connectivity index (χ0n) is 12.2. The van der Waals surface area contributed by atoms with Crippen molar-refractivity contribution in [3.8, 4) is 5.75 Å². The van der Waals surface area contributed by atoms with Crippen molar-refractivity contribution in [2.45, 2.75) is 6.92 Å². The maximum Gasteiger partial charge on any atom is 0.417 e. The van der Waals surface area contributed by atoms with Crippen LogP contribution in [0.4, 0.5) is 16.2 Å². The lowest BCUT2D eigenvalue weighted by Crippen LogP contribution is -2.17. The highest BCUT2D eigenvalue weighted by molar-refractivity contribution is 6.32. The van der Waals surface area contributed by atoms with Crippen LogP contribution in [0.3, 0.4) is 0 Å². The number of nitrogens with one attached hydrogen (secondary N) is 1. The van der Waals surface area contributed by atoms with Crippen LogP contribution in [0.2, 0.25) is 5.02 Å². The number of hydrogen-bond donors (Lipinski definition) is 1. The molecule has 0 aliphatic carbocycles. The molecule has 0 radical (unpaired) electrons. The summed E-state index contributed by atoms with van der Waals surface area (Å²) in [5.74, 6) is 0.487. The molecule has 1 N–H and O–H groups in total. The van der Waals surface area contributed by atoms with Gasteiger partial charge in [-0.3, -0.25) is 5.32 Å². The molecule has 0 heterocycles. The van der Waals surface area contributed by atoms with Gasteiger partial charge in [-0.25, -0.2) is 4.79 Å². The third kappa shape index (κ3) is 3.89. The molecule has 0 fully saturated rings. The summed E-state index contributed by atoms with van der Waals surface area (Å²) in [5, 5.41) is 3.28. The van der Waals surface area contributed by atoms with E-state index in [1.54, 1.807) is 30.3 Å². The van der Waals surface area contributed by atoms with E-state index in [1.165, 1.54) is 0 Å². The van der Waals surface area contributed by atoms with Gasteiger partial charge < -0.3 is 9.64 Å². The molecule has 0 spiro atoms. The highest BCUT2D eigenvalue weighted by atomic mass is 35.5. The molecule has 5 heteroatoms. The number of anilines is 2. The van der Waals surface area contributed by atoms with Crippen LogP contribution in [0.25, 0.3) is 0 Å². The molecule has 2 rings (SSSR count). The fraction of sp³-hybridized carbons (Fsp3) is 0.188. The molecule has 0 bridgehead atoms. The number of rotatable bonds is 3. The first-order valence-corrected chi connectivity index (χ1v) is 6.86. The van der Waals surface area contributed by atoms with E-state index in [-0.39, 0.29) is 0 Å². The van der Waals surface area contributed by atoms with Crippen LogP contribution in [-0.2, 0) is 0 Å². The van der Waals surface area contributed by atoms with Crippen LogP contribution in [0.5, 0.6) is 5.75 Å². The lowest BCUT2D eigenvalue weighted by Gasteiger charge is -2.18. The molecule has 0 atom stereocenters. The standard InChI is InChI=1S/C16H17ClN2O2/c1-11-14(17)9-12(10-15(11)19(2)3)18-16(20)21-13-7-5-4-6-8-13/h4-10H,1-3H3,(H,18,20). The van der Waals surface area contributed by atoms with E-state index in [1.807, 2.05) is 38.1 Å². The fourth-order valence-corrected chi connectivity index (χ4v) is 2.15. The Bertz CT molecular complexity index is 642. The quantitative estimate of drug-likeness (QED) is 0.918. The predicted molar refractivity (Wildman–Crippen MR) is 86.6 cm³/mol. The highest BCUT2D eigenvalue weighted by Gasteiger charge is 2.10. The highest BCUT2D eigenvalue weighted by Crippen LogP contribution is 2.30. The number of halogens is 1. The van der Waals surface area contributed by atoms with Gasteiger partial charge in [-0.2, -0.15) is 0 Å². The summed E-state index contributed by atoms with van der Waals surface area (Å²) in [6, 6.07) is 12.4. The van der Waals surface area contributed by atoms with Gasteiger partial charge in [-0.15, -0.1) is 0 Å². The molecule has 0 unspecified atom stereocenters. The number of nitrogens with zero attached hydrogens (tertiary/aromatic N) is 1. The second-order valence-electron chi connectivity index (χ2n) is 4.82. The fourth-order valence-electron chi connectivity index (χ4n) is 1.94. The molecule has 110 valence electrons. The van der Waals surface area contributed by atoms with E-state index in [4.69, 9.17) is 16.3 Å². The van der Waals surface area contributed by atoms with Crippen molar-refractivity contribution in [2.75, 3.05) is 24.3 Å². The van der Waals surface area contributed by atoms with Crippen LogP contribution >= 0.6 is 11.6 Å². The van der Waals surface area contributed by atoms with Crippen LogP contribution in [-0.4, -0.2) is 20.2 Å². The Kier molecular flexibility index (Phi) is 4.70. The van der Waals surface area contributed by atoms with E-state index in [0.29, 0.717) is 16.5 Å². The molecule has 21 heavy (non-hydrogen) atoms. The second-order valence-corrected chi connectivity index (χ2v) is 5.23. The molecule has 0 aliphatic rings. The summed E-state index contributed by atoms with van der Waals surface area (Å²) in [4.78, 5) is 13.8. The molecule has 4 nitrogen and oxygen atoms in total. The molecule has 0 saturated carbocycles. The Balaban J connectivity index is 2.14. The zero-order valence-corrected chi connectivity index (χ0v) is 12.9. The third-order valence-electron chi connectivity index (χ3n) is 3.00. The zero-order chi connectivity index (χ0) is 15.4. The number of hydrogen-bond acceptors (Lipinski definition) is 3. The van der Waals surface area contributed by atoms with Gasteiger partial charge in [-0.05, 0) is 36.8 Å². The van der Waals surface area contributed by atoms with Gasteiger partial charge in [0.15, 0.2) is 0 Å². The molecule has 2 aromatic carbocycles. The minimum atomic E-state index is -0.550. The first-order chi connectivity index (χ1) is 9.97. The minimum Gasteiger partial charge on any atom is -0.410 e. The van der Waals surface area contributed by atoms with Crippen LogP contribution in [0, 0.1) is 6.92 Å². The number of para-hydroxylation sites is 1. The van der Waals surface area contributed by atoms with E-state index in [2.05, 4.69) is 5.32 Å². The number of ether oxygens (including phenoxy) is 1. The van der Waals surface area contributed by atoms with E-state index in [9.17, 15) is 4.79 Å². The molecular formula is C16H17ClN2O2. The lowest BCUT2D eigenvalue weighted by molar-refractivity contribution is 0.215. The van der Waals surface area contributed by atoms with Crippen molar-refractivity contribution >= 4 is 29.1 Å². The van der Waals surface area contributed by atoms with Crippen LogP contribution in [0.1, 0.15) is 5.56 Å². The van der Waals surface area contributed by atoms with Crippen molar-refractivity contribution in [3.63, 3.8) is 0 Å². The Morgan fingerprint density at radius 2 is 1.86 bits per heavy atom. The van der Waals surface area contributed by atoms with Gasteiger partial charge in [0, 0.05) is 30.5 Å². The first-order valence-electron chi connectivity index (χ1n) is 6.48. The van der Waals surface area contributed by atoms with Crippen LogP contribution < -0.4 is 15.0 Å². The molecular weight excluding hydrogens is 288 g/mol. The Labute approximate surface area is 129 Å². The van der Waals surface area contributed by atoms with E-state index < -0.39 is 6.09 Å². The maximum absolute atomic E-state index is 11.9. The second kappa shape index (κ2) is 6.50. The largest absolute Gasteiger partial charge is 0.417 e. The van der Waals surface area contributed by atoms with Crippen molar-refractivity contribution in [1.29, 1.82) is 0 Å². The topological polar surface area (TPSA) is 41.6 Å². The molecule has 0 aromatic heterocycles. The average Bonchev–Trinajstić information content (AvgIpc) is 2.43. The summed E-state index contributed by atoms with van der Waals surface area (Å²) >= 11 is 6.19. The minimum absolute atomic E-state index is 0.487. The molecule has 0 saturated heterocycles. The van der Waals surface area contributed by atoms with Crippen molar-refractivity contribution in [2.24, 2.45) is 0 Å². The van der Waals surface area contributed by atoms with Gasteiger partial charge in [0.1, 0.15) is 5.75 Å². The van der Waals surface area contributed by atoms with Crippen molar-refractivity contribution < 1.29 is 9.53 Å². The summed E-state index contributed by atoms with van der Waals surface area (Å²) in [6.07, 6.45) is -0.550. The summed E-state index contributed by atoms with van der Waals surface area (Å²) in [6.45, 7) is 1.93. The van der Waals surface area contributed by atoms with Gasteiger partial charge in [0.05, 0.1) is 0 Å². The Morgan fingerprint density at radius 1 is 1.19 bits per heavy atom. The number of amides is 1. The Hall–Kier alpha value is -2.20. The molecule has 2 aromatic rings. The maximum atomic E-state index is 11.9. The SMILES string of the molecule is Cc1c(Cl)cc(NC(=O)Oc2ccccc2)cc1N(C)C. The summed E-state index contributed by atoms with van der Waals surface area (Å²) < 4.78 is 5.18. The number of carbonyl (C=O) groups excluding carboxylic acids is 1. The molecule has 0 aliphatic heterocycles. The van der Waals surface area contributed by atoms with Gasteiger partial charge in [0.2, 0.25) is 0 Å².